The highest BCUT2D eigenvalue weighted by molar-refractivity contribution is 6.20. The predicted molar refractivity (Wildman–Crippen MR) is 190 cm³/mol. The van der Waals surface area contributed by atoms with Crippen molar-refractivity contribution in [2.75, 3.05) is 0 Å². The molecule has 0 amide bonds. The zero-order valence-electron chi connectivity index (χ0n) is 24.8. The first-order valence-corrected chi connectivity index (χ1v) is 15.7. The molecule has 1 aliphatic rings. The molecule has 0 saturated heterocycles. The van der Waals surface area contributed by atoms with E-state index in [0.29, 0.717) is 0 Å². The number of furan rings is 1. The van der Waals surface area contributed by atoms with Crippen molar-refractivity contribution >= 4 is 54.6 Å². The van der Waals surface area contributed by atoms with Crippen LogP contribution in [-0.4, -0.2) is 0 Å². The lowest BCUT2D eigenvalue weighted by Gasteiger charge is -2.26. The highest BCUT2D eigenvalue weighted by Crippen LogP contribution is 2.47. The Morgan fingerprint density at radius 2 is 1.00 bits per heavy atom. The van der Waals surface area contributed by atoms with Gasteiger partial charge in [0.1, 0.15) is 11.2 Å². The van der Waals surface area contributed by atoms with Crippen molar-refractivity contribution in [3.63, 3.8) is 0 Å². The van der Waals surface area contributed by atoms with Crippen LogP contribution < -0.4 is 0 Å². The first kappa shape index (κ1) is 25.8. The highest BCUT2D eigenvalue weighted by Gasteiger charge is 2.24. The van der Waals surface area contributed by atoms with Crippen molar-refractivity contribution in [3.05, 3.63) is 181 Å². The predicted octanol–water partition coefficient (Wildman–Crippen LogP) is 12.2. The van der Waals surface area contributed by atoms with Crippen LogP contribution in [0, 0.1) is 0 Å². The van der Waals surface area contributed by atoms with Gasteiger partial charge in [-0.05, 0) is 85.1 Å². The summed E-state index contributed by atoms with van der Waals surface area (Å²) in [6.07, 6.45) is 5.84. The molecule has 0 spiro atoms. The van der Waals surface area contributed by atoms with Gasteiger partial charge in [-0.1, -0.05) is 146 Å². The summed E-state index contributed by atoms with van der Waals surface area (Å²) < 4.78 is 6.20. The number of rotatable bonds is 4. The average molecular weight is 575 g/mol. The molecule has 7 aromatic carbocycles. The Morgan fingerprint density at radius 3 is 1.69 bits per heavy atom. The van der Waals surface area contributed by atoms with Gasteiger partial charge in [-0.25, -0.2) is 0 Å². The highest BCUT2D eigenvalue weighted by atomic mass is 16.3. The van der Waals surface area contributed by atoms with E-state index in [9.17, 15) is 0 Å². The van der Waals surface area contributed by atoms with Crippen molar-refractivity contribution in [3.8, 4) is 11.1 Å². The third kappa shape index (κ3) is 4.31. The van der Waals surface area contributed by atoms with Gasteiger partial charge >= 0.3 is 0 Å². The Hall–Kier alpha value is -5.66. The summed E-state index contributed by atoms with van der Waals surface area (Å²) in [7, 11) is 0. The molecule has 1 atom stereocenters. The topological polar surface area (TPSA) is 13.1 Å². The van der Waals surface area contributed by atoms with Crippen LogP contribution in [0.2, 0.25) is 0 Å². The van der Waals surface area contributed by atoms with Crippen LogP contribution >= 0.6 is 0 Å². The molecule has 0 N–H and O–H groups in total. The lowest BCUT2D eigenvalue weighted by Crippen LogP contribution is -2.05. The van der Waals surface area contributed by atoms with E-state index in [4.69, 9.17) is 4.42 Å². The van der Waals surface area contributed by atoms with Crippen LogP contribution in [0.4, 0.5) is 0 Å². The minimum atomic E-state index is 0.287. The van der Waals surface area contributed by atoms with E-state index < -0.39 is 0 Å². The molecule has 1 aliphatic carbocycles. The summed E-state index contributed by atoms with van der Waals surface area (Å²) in [4.78, 5) is 0. The van der Waals surface area contributed by atoms with Crippen molar-refractivity contribution in [1.29, 1.82) is 0 Å². The molecule has 1 aromatic heterocycles. The summed E-state index contributed by atoms with van der Waals surface area (Å²) in [5.41, 5.74) is 10.9. The lowest BCUT2D eigenvalue weighted by molar-refractivity contribution is 0.669. The molecular weight excluding hydrogens is 544 g/mol. The number of benzene rings is 7. The monoisotopic (exact) mass is 574 g/mol. The van der Waals surface area contributed by atoms with Gasteiger partial charge < -0.3 is 4.42 Å². The molecule has 0 aliphatic heterocycles. The first-order valence-electron chi connectivity index (χ1n) is 15.7. The second kappa shape index (κ2) is 10.5. The first-order chi connectivity index (χ1) is 22.3. The average Bonchev–Trinajstić information content (AvgIpc) is 3.49. The molecule has 1 heteroatoms. The van der Waals surface area contributed by atoms with Crippen LogP contribution in [0.5, 0.6) is 0 Å². The zero-order chi connectivity index (χ0) is 29.7. The quantitative estimate of drug-likeness (QED) is 0.191. The van der Waals surface area contributed by atoms with Gasteiger partial charge in [0.05, 0.1) is 0 Å². The van der Waals surface area contributed by atoms with Crippen LogP contribution in [-0.2, 0) is 0 Å². The maximum Gasteiger partial charge on any atom is 0.135 e. The van der Waals surface area contributed by atoms with E-state index in [1.807, 2.05) is 12.1 Å². The molecule has 45 heavy (non-hydrogen) atoms. The smallest absolute Gasteiger partial charge is 0.135 e. The van der Waals surface area contributed by atoms with E-state index in [-0.39, 0.29) is 5.92 Å². The zero-order valence-corrected chi connectivity index (χ0v) is 24.8. The van der Waals surface area contributed by atoms with Crippen LogP contribution in [0.1, 0.15) is 29.0 Å². The van der Waals surface area contributed by atoms with E-state index in [1.54, 1.807) is 0 Å². The standard InChI is InChI=1S/C44H30O/c1-3-13-29(14-4-1)32-25-33(30-15-5-2-6-16-30)27-34(26-32)44-38-20-9-7-18-36(38)43(37-19-8-10-21-39(37)44)31-23-24-42-40(28-31)35-17-11-12-22-41(35)45-42/h1-26,28,33H,27H2. The minimum absolute atomic E-state index is 0.287. The largest absolute Gasteiger partial charge is 0.456 e. The molecule has 8 aromatic rings. The molecule has 0 bridgehead atoms. The molecule has 0 fully saturated rings. The van der Waals surface area contributed by atoms with Crippen molar-refractivity contribution in [2.45, 2.75) is 12.3 Å². The summed E-state index contributed by atoms with van der Waals surface area (Å²) in [5.74, 6) is 0.287. The Bertz CT molecular complexity index is 2380. The minimum Gasteiger partial charge on any atom is -0.456 e. The third-order valence-corrected chi connectivity index (χ3v) is 9.40. The van der Waals surface area contributed by atoms with Gasteiger partial charge in [0.2, 0.25) is 0 Å². The van der Waals surface area contributed by atoms with Gasteiger partial charge in [0, 0.05) is 16.7 Å². The maximum atomic E-state index is 6.20. The van der Waals surface area contributed by atoms with E-state index in [0.717, 1.165) is 28.4 Å². The number of para-hydroxylation sites is 1. The van der Waals surface area contributed by atoms with E-state index >= 15 is 0 Å². The normalized spacial score (nSPS) is 15.1. The van der Waals surface area contributed by atoms with Gasteiger partial charge in [-0.15, -0.1) is 0 Å². The molecule has 0 radical (unpaired) electrons. The van der Waals surface area contributed by atoms with Gasteiger partial charge in [0.25, 0.3) is 0 Å². The molecule has 9 rings (SSSR count). The fourth-order valence-corrected chi connectivity index (χ4v) is 7.37. The molecule has 1 nitrogen and oxygen atoms in total. The summed E-state index contributed by atoms with van der Waals surface area (Å²) >= 11 is 0. The third-order valence-electron chi connectivity index (χ3n) is 9.40. The number of allylic oxidation sites excluding steroid dienone is 4. The number of hydrogen-bond donors (Lipinski definition) is 0. The molecule has 1 unspecified atom stereocenters. The second-order valence-corrected chi connectivity index (χ2v) is 12.0. The molecular formula is C44H30O. The van der Waals surface area contributed by atoms with Crippen LogP contribution in [0.25, 0.3) is 65.8 Å². The fourth-order valence-electron chi connectivity index (χ4n) is 7.37. The van der Waals surface area contributed by atoms with Gasteiger partial charge in [-0.2, -0.15) is 0 Å². The Kier molecular flexibility index (Phi) is 6.02. The maximum absolute atomic E-state index is 6.20. The van der Waals surface area contributed by atoms with Gasteiger partial charge in [-0.3, -0.25) is 0 Å². The second-order valence-electron chi connectivity index (χ2n) is 12.0. The van der Waals surface area contributed by atoms with E-state index in [2.05, 4.69) is 152 Å². The molecule has 212 valence electrons. The van der Waals surface area contributed by atoms with Crippen LogP contribution in [0.3, 0.4) is 0 Å². The van der Waals surface area contributed by atoms with Gasteiger partial charge in [0.15, 0.2) is 0 Å². The van der Waals surface area contributed by atoms with Crippen LogP contribution in [0.15, 0.2) is 168 Å². The number of hydrogen-bond acceptors (Lipinski definition) is 1. The summed E-state index contributed by atoms with van der Waals surface area (Å²) in [6.45, 7) is 0. The Labute approximate surface area is 262 Å². The SMILES string of the molecule is C1=C(c2ccccc2)C=C(c2c3ccccc3c(-c3ccc4oc5ccccc5c4c3)c3ccccc23)CC1c1ccccc1. The Balaban J connectivity index is 1.31. The summed E-state index contributed by atoms with van der Waals surface area (Å²) in [6, 6.07) is 54.7. The lowest BCUT2D eigenvalue weighted by atomic mass is 9.78. The van der Waals surface area contributed by atoms with E-state index in [1.165, 1.54) is 60.5 Å². The Morgan fingerprint density at radius 1 is 0.444 bits per heavy atom. The van der Waals surface area contributed by atoms with Crippen molar-refractivity contribution < 1.29 is 4.42 Å². The van der Waals surface area contributed by atoms with Crippen molar-refractivity contribution in [2.24, 2.45) is 0 Å². The fraction of sp³-hybridized carbons (Fsp3) is 0.0455. The summed E-state index contributed by atoms with van der Waals surface area (Å²) in [5, 5.41) is 7.42. The number of fused-ring (bicyclic) bond motifs is 5. The molecule has 0 saturated carbocycles. The molecule has 1 heterocycles. The van der Waals surface area contributed by atoms with Crippen molar-refractivity contribution in [1.82, 2.24) is 0 Å².